The molecule has 5 heteroatoms. The Morgan fingerprint density at radius 3 is 2.50 bits per heavy atom. The molecule has 0 aliphatic heterocycles. The zero-order valence-electron chi connectivity index (χ0n) is 12.4. The van der Waals surface area contributed by atoms with Crippen LogP contribution in [0.25, 0.3) is 0 Å². The Kier molecular flexibility index (Phi) is 5.21. The SMILES string of the molecule is CNC1C(N(C)CCS(C)(=O)=O)CCCC1(C)C. The first-order valence-electron chi connectivity index (χ1n) is 6.72. The lowest BCUT2D eigenvalue weighted by Gasteiger charge is -2.47. The molecule has 0 aromatic heterocycles. The van der Waals surface area contributed by atoms with Crippen molar-refractivity contribution in [2.45, 2.75) is 45.2 Å². The van der Waals surface area contributed by atoms with Crippen LogP contribution in [0.15, 0.2) is 0 Å². The van der Waals surface area contributed by atoms with Gasteiger partial charge in [-0.05, 0) is 32.4 Å². The second kappa shape index (κ2) is 5.88. The maximum absolute atomic E-state index is 11.3. The van der Waals surface area contributed by atoms with Crippen molar-refractivity contribution < 1.29 is 8.42 Å². The van der Waals surface area contributed by atoms with Crippen LogP contribution in [0.3, 0.4) is 0 Å². The van der Waals surface area contributed by atoms with E-state index in [1.165, 1.54) is 19.1 Å². The van der Waals surface area contributed by atoms with E-state index in [0.717, 1.165) is 6.42 Å². The summed E-state index contributed by atoms with van der Waals surface area (Å²) in [5, 5.41) is 3.43. The fourth-order valence-electron chi connectivity index (χ4n) is 3.14. The number of hydrogen-bond acceptors (Lipinski definition) is 4. The van der Waals surface area contributed by atoms with Crippen molar-refractivity contribution >= 4 is 9.84 Å². The molecule has 0 amide bonds. The van der Waals surface area contributed by atoms with E-state index in [1.54, 1.807) is 0 Å². The Labute approximate surface area is 112 Å². The minimum atomic E-state index is -2.87. The first kappa shape index (κ1) is 15.9. The first-order valence-corrected chi connectivity index (χ1v) is 8.78. The van der Waals surface area contributed by atoms with Crippen LogP contribution in [0.2, 0.25) is 0 Å². The summed E-state index contributed by atoms with van der Waals surface area (Å²) in [5.41, 5.74) is 0.275. The van der Waals surface area contributed by atoms with Crippen molar-refractivity contribution in [1.29, 1.82) is 0 Å². The van der Waals surface area contributed by atoms with Gasteiger partial charge in [0.15, 0.2) is 0 Å². The van der Waals surface area contributed by atoms with E-state index in [9.17, 15) is 8.42 Å². The van der Waals surface area contributed by atoms with Gasteiger partial charge in [0.05, 0.1) is 5.75 Å². The van der Waals surface area contributed by atoms with Crippen molar-refractivity contribution in [1.82, 2.24) is 10.2 Å². The topological polar surface area (TPSA) is 49.4 Å². The molecule has 1 saturated carbocycles. The Hall–Kier alpha value is -0.130. The van der Waals surface area contributed by atoms with E-state index in [2.05, 4.69) is 24.1 Å². The van der Waals surface area contributed by atoms with Crippen molar-refractivity contribution in [2.75, 3.05) is 32.6 Å². The quantitative estimate of drug-likeness (QED) is 0.818. The number of nitrogens with zero attached hydrogens (tertiary/aromatic N) is 1. The molecule has 1 N–H and O–H groups in total. The molecule has 1 rings (SSSR count). The van der Waals surface area contributed by atoms with E-state index in [0.29, 0.717) is 18.6 Å². The third kappa shape index (κ3) is 4.21. The Morgan fingerprint density at radius 1 is 1.39 bits per heavy atom. The number of hydrogen-bond donors (Lipinski definition) is 1. The van der Waals surface area contributed by atoms with Gasteiger partial charge in [-0.2, -0.15) is 0 Å². The van der Waals surface area contributed by atoms with E-state index in [1.807, 2.05) is 14.1 Å². The molecule has 0 aromatic carbocycles. The average molecular weight is 276 g/mol. The van der Waals surface area contributed by atoms with Crippen molar-refractivity contribution in [2.24, 2.45) is 5.41 Å². The zero-order valence-corrected chi connectivity index (χ0v) is 13.2. The number of rotatable bonds is 5. The molecule has 0 spiro atoms. The van der Waals surface area contributed by atoms with Gasteiger partial charge < -0.3 is 10.2 Å². The van der Waals surface area contributed by atoms with Crippen molar-refractivity contribution in [3.8, 4) is 0 Å². The maximum atomic E-state index is 11.3. The Bertz CT molecular complexity index is 365. The molecule has 0 aromatic rings. The van der Waals surface area contributed by atoms with Gasteiger partial charge >= 0.3 is 0 Å². The molecule has 0 heterocycles. The molecule has 2 atom stereocenters. The molecule has 0 saturated heterocycles. The van der Waals surface area contributed by atoms with Crippen LogP contribution in [0.1, 0.15) is 33.1 Å². The molecule has 1 aliphatic carbocycles. The van der Waals surface area contributed by atoms with Crippen LogP contribution in [0, 0.1) is 5.41 Å². The summed E-state index contributed by atoms with van der Waals surface area (Å²) in [4.78, 5) is 2.21. The Morgan fingerprint density at radius 2 is 2.00 bits per heavy atom. The van der Waals surface area contributed by atoms with Crippen molar-refractivity contribution in [3.05, 3.63) is 0 Å². The molecular weight excluding hydrogens is 248 g/mol. The predicted molar refractivity (Wildman–Crippen MR) is 76.6 cm³/mol. The van der Waals surface area contributed by atoms with Gasteiger partial charge in [0.25, 0.3) is 0 Å². The van der Waals surface area contributed by atoms with Gasteiger partial charge in [-0.25, -0.2) is 8.42 Å². The fourth-order valence-corrected chi connectivity index (χ4v) is 3.76. The van der Waals surface area contributed by atoms with Crippen LogP contribution in [0.5, 0.6) is 0 Å². The van der Waals surface area contributed by atoms with Crippen LogP contribution in [0.4, 0.5) is 0 Å². The molecule has 1 aliphatic rings. The molecule has 2 unspecified atom stereocenters. The molecule has 0 bridgehead atoms. The smallest absolute Gasteiger partial charge is 0.148 e. The highest BCUT2D eigenvalue weighted by atomic mass is 32.2. The third-order valence-electron chi connectivity index (χ3n) is 4.24. The number of nitrogens with one attached hydrogen (secondary N) is 1. The highest BCUT2D eigenvalue weighted by molar-refractivity contribution is 7.90. The summed E-state index contributed by atoms with van der Waals surface area (Å²) in [6.45, 7) is 5.22. The number of sulfone groups is 1. The summed E-state index contributed by atoms with van der Waals surface area (Å²) < 4.78 is 22.5. The van der Waals surface area contributed by atoms with Gasteiger partial charge in [0.2, 0.25) is 0 Å². The minimum absolute atomic E-state index is 0.247. The van der Waals surface area contributed by atoms with Gasteiger partial charge in [0, 0.05) is 24.9 Å². The molecule has 0 radical (unpaired) electrons. The lowest BCUT2D eigenvalue weighted by Crippen LogP contribution is -2.57. The van der Waals surface area contributed by atoms with Crippen LogP contribution in [-0.4, -0.2) is 58.1 Å². The zero-order chi connectivity index (χ0) is 14.0. The van der Waals surface area contributed by atoms with Crippen LogP contribution < -0.4 is 5.32 Å². The van der Waals surface area contributed by atoms with Crippen LogP contribution in [-0.2, 0) is 9.84 Å². The van der Waals surface area contributed by atoms with E-state index in [-0.39, 0.29) is 11.2 Å². The summed E-state index contributed by atoms with van der Waals surface area (Å²) in [6, 6.07) is 0.858. The average Bonchev–Trinajstić information content (AvgIpc) is 2.23. The van der Waals surface area contributed by atoms with Gasteiger partial charge in [-0.1, -0.05) is 20.3 Å². The standard InChI is InChI=1S/C13H28N2O2S/c1-13(2)8-6-7-11(12(13)14-3)15(4)9-10-18(5,16)17/h11-12,14H,6-10H2,1-5H3. The largest absolute Gasteiger partial charge is 0.315 e. The van der Waals surface area contributed by atoms with E-state index >= 15 is 0 Å². The summed E-state index contributed by atoms with van der Waals surface area (Å²) in [5.74, 6) is 0.247. The Balaban J connectivity index is 2.68. The van der Waals surface area contributed by atoms with Gasteiger partial charge in [-0.3, -0.25) is 0 Å². The summed E-state index contributed by atoms with van der Waals surface area (Å²) in [6.07, 6.45) is 4.91. The highest BCUT2D eigenvalue weighted by Gasteiger charge is 2.39. The second-order valence-corrected chi connectivity index (χ2v) is 8.58. The monoisotopic (exact) mass is 276 g/mol. The first-order chi connectivity index (χ1) is 8.17. The third-order valence-corrected chi connectivity index (χ3v) is 5.16. The van der Waals surface area contributed by atoms with E-state index in [4.69, 9.17) is 0 Å². The van der Waals surface area contributed by atoms with Gasteiger partial charge in [0.1, 0.15) is 9.84 Å². The summed E-state index contributed by atoms with van der Waals surface area (Å²) >= 11 is 0. The molecule has 18 heavy (non-hydrogen) atoms. The van der Waals surface area contributed by atoms with Crippen molar-refractivity contribution in [3.63, 3.8) is 0 Å². The van der Waals surface area contributed by atoms with E-state index < -0.39 is 9.84 Å². The second-order valence-electron chi connectivity index (χ2n) is 6.32. The fraction of sp³-hybridized carbons (Fsp3) is 1.00. The molecule has 1 fully saturated rings. The number of likely N-dealkylation sites (N-methyl/N-ethyl adjacent to an activating group) is 2. The van der Waals surface area contributed by atoms with Gasteiger partial charge in [-0.15, -0.1) is 0 Å². The predicted octanol–water partition coefficient (Wildman–Crippen LogP) is 1.13. The normalized spacial score (nSPS) is 28.6. The highest BCUT2D eigenvalue weighted by Crippen LogP contribution is 2.37. The maximum Gasteiger partial charge on any atom is 0.148 e. The molecule has 108 valence electrons. The lowest BCUT2D eigenvalue weighted by atomic mass is 9.70. The summed E-state index contributed by atoms with van der Waals surface area (Å²) in [7, 11) is 1.18. The lowest BCUT2D eigenvalue weighted by molar-refractivity contribution is 0.0705. The molecular formula is C13H28N2O2S. The molecule has 4 nitrogen and oxygen atoms in total. The van der Waals surface area contributed by atoms with Crippen LogP contribution >= 0.6 is 0 Å². The minimum Gasteiger partial charge on any atom is -0.315 e.